The third-order valence-corrected chi connectivity index (χ3v) is 3.64. The summed E-state index contributed by atoms with van der Waals surface area (Å²) in [6.07, 6.45) is -0.319. The molecule has 2 aromatic rings. The van der Waals surface area contributed by atoms with Gasteiger partial charge in [0.25, 0.3) is 5.56 Å². The van der Waals surface area contributed by atoms with Gasteiger partial charge in [0.15, 0.2) is 0 Å². The fraction of sp³-hybridized carbons (Fsp3) is 0.312. The largest absolute Gasteiger partial charge is 0.481 e. The molecule has 0 fully saturated rings. The maximum atomic E-state index is 12.1. The highest BCUT2D eigenvalue weighted by Crippen LogP contribution is 2.28. The predicted molar refractivity (Wildman–Crippen MR) is 79.5 cm³/mol. The van der Waals surface area contributed by atoms with Gasteiger partial charge in [-0.1, -0.05) is 30.3 Å². The van der Waals surface area contributed by atoms with E-state index in [4.69, 9.17) is 5.11 Å². The molecule has 0 unspecified atom stereocenters. The second kappa shape index (κ2) is 5.52. The van der Waals surface area contributed by atoms with Gasteiger partial charge in [0.2, 0.25) is 0 Å². The highest BCUT2D eigenvalue weighted by Gasteiger charge is 2.27. The molecule has 1 aromatic heterocycles. The SMILES string of the molecule is Cc1nc(C(C)(C)c2ccccc2)[nH]c(=O)c1CC(=O)O. The minimum Gasteiger partial charge on any atom is -0.481 e. The Morgan fingerprint density at radius 3 is 2.43 bits per heavy atom. The maximum Gasteiger partial charge on any atom is 0.308 e. The lowest BCUT2D eigenvalue weighted by atomic mass is 9.83. The van der Waals surface area contributed by atoms with Crippen molar-refractivity contribution in [3.05, 3.63) is 63.3 Å². The van der Waals surface area contributed by atoms with Gasteiger partial charge in [-0.3, -0.25) is 9.59 Å². The molecule has 1 aromatic carbocycles. The number of carboxylic acids is 1. The van der Waals surface area contributed by atoms with Crippen LogP contribution in [-0.2, 0) is 16.6 Å². The zero-order chi connectivity index (χ0) is 15.6. The number of H-pyrrole nitrogens is 1. The van der Waals surface area contributed by atoms with Gasteiger partial charge in [0, 0.05) is 16.7 Å². The third-order valence-electron chi connectivity index (χ3n) is 3.64. The van der Waals surface area contributed by atoms with Crippen molar-refractivity contribution in [3.63, 3.8) is 0 Å². The number of nitrogens with zero attached hydrogens (tertiary/aromatic N) is 1. The van der Waals surface area contributed by atoms with Crippen LogP contribution in [0, 0.1) is 6.92 Å². The van der Waals surface area contributed by atoms with E-state index in [0.717, 1.165) is 5.56 Å². The van der Waals surface area contributed by atoms with Gasteiger partial charge in [0.05, 0.1) is 6.42 Å². The first-order chi connectivity index (χ1) is 9.82. The molecule has 0 atom stereocenters. The van der Waals surface area contributed by atoms with Crippen LogP contribution in [0.15, 0.2) is 35.1 Å². The molecule has 0 aliphatic rings. The summed E-state index contributed by atoms with van der Waals surface area (Å²) in [6.45, 7) is 5.60. The van der Waals surface area contributed by atoms with Crippen LogP contribution in [0.2, 0.25) is 0 Å². The number of rotatable bonds is 4. The summed E-state index contributed by atoms with van der Waals surface area (Å²) in [6, 6.07) is 9.74. The van der Waals surface area contributed by atoms with Gasteiger partial charge in [-0.2, -0.15) is 0 Å². The molecule has 0 saturated heterocycles. The highest BCUT2D eigenvalue weighted by molar-refractivity contribution is 5.70. The van der Waals surface area contributed by atoms with Gasteiger partial charge in [0.1, 0.15) is 5.82 Å². The van der Waals surface area contributed by atoms with E-state index in [1.807, 2.05) is 44.2 Å². The van der Waals surface area contributed by atoms with Crippen molar-refractivity contribution >= 4 is 5.97 Å². The number of hydrogen-bond donors (Lipinski definition) is 2. The molecule has 0 aliphatic carbocycles. The highest BCUT2D eigenvalue weighted by atomic mass is 16.4. The Balaban J connectivity index is 2.51. The minimum absolute atomic E-state index is 0.204. The van der Waals surface area contributed by atoms with Crippen LogP contribution in [0.3, 0.4) is 0 Å². The molecule has 0 aliphatic heterocycles. The molecule has 5 heteroatoms. The van der Waals surface area contributed by atoms with E-state index in [1.54, 1.807) is 6.92 Å². The number of aliphatic carboxylic acids is 1. The van der Waals surface area contributed by atoms with E-state index in [9.17, 15) is 9.59 Å². The third kappa shape index (κ3) is 3.02. The number of carboxylic acid groups (broad SMARTS) is 1. The molecule has 0 radical (unpaired) electrons. The van der Waals surface area contributed by atoms with E-state index in [1.165, 1.54) is 0 Å². The Kier molecular flexibility index (Phi) is 3.93. The molecule has 2 N–H and O–H groups in total. The Labute approximate surface area is 122 Å². The summed E-state index contributed by atoms with van der Waals surface area (Å²) in [5.74, 6) is -0.509. The fourth-order valence-electron chi connectivity index (χ4n) is 2.26. The molecule has 5 nitrogen and oxygen atoms in total. The van der Waals surface area contributed by atoms with E-state index >= 15 is 0 Å². The van der Waals surface area contributed by atoms with Crippen molar-refractivity contribution < 1.29 is 9.90 Å². The molecule has 1 heterocycles. The first kappa shape index (κ1) is 15.0. The zero-order valence-corrected chi connectivity index (χ0v) is 12.3. The van der Waals surface area contributed by atoms with Crippen LogP contribution in [0.4, 0.5) is 0 Å². The average molecular weight is 286 g/mol. The summed E-state index contributed by atoms with van der Waals surface area (Å²) >= 11 is 0. The quantitative estimate of drug-likeness (QED) is 0.901. The van der Waals surface area contributed by atoms with Crippen molar-refractivity contribution in [1.82, 2.24) is 9.97 Å². The van der Waals surface area contributed by atoms with Crippen LogP contribution in [-0.4, -0.2) is 21.0 Å². The molecule has 0 saturated carbocycles. The predicted octanol–water partition coefficient (Wildman–Crippen LogP) is 2.03. The van der Waals surface area contributed by atoms with Crippen LogP contribution in [0.25, 0.3) is 0 Å². The summed E-state index contributed by atoms with van der Waals surface area (Å²) in [4.78, 5) is 30.1. The zero-order valence-electron chi connectivity index (χ0n) is 12.3. The van der Waals surface area contributed by atoms with Crippen LogP contribution in [0.1, 0.15) is 36.5 Å². The lowest BCUT2D eigenvalue weighted by Crippen LogP contribution is -2.29. The molecular formula is C16H18N2O3. The Hall–Kier alpha value is -2.43. The lowest BCUT2D eigenvalue weighted by molar-refractivity contribution is -0.136. The van der Waals surface area contributed by atoms with Crippen LogP contribution in [0.5, 0.6) is 0 Å². The van der Waals surface area contributed by atoms with Gasteiger partial charge in [-0.15, -0.1) is 0 Å². The molecular weight excluding hydrogens is 268 g/mol. The average Bonchev–Trinajstić information content (AvgIpc) is 2.43. The van der Waals surface area contributed by atoms with Gasteiger partial charge >= 0.3 is 5.97 Å². The summed E-state index contributed by atoms with van der Waals surface area (Å²) in [5, 5.41) is 8.84. The lowest BCUT2D eigenvalue weighted by Gasteiger charge is -2.24. The Bertz CT molecular complexity index is 718. The number of aromatic nitrogens is 2. The van der Waals surface area contributed by atoms with E-state index in [2.05, 4.69) is 9.97 Å². The monoisotopic (exact) mass is 286 g/mol. The van der Waals surface area contributed by atoms with Crippen molar-refractivity contribution in [2.24, 2.45) is 0 Å². The first-order valence-corrected chi connectivity index (χ1v) is 6.70. The van der Waals surface area contributed by atoms with E-state index < -0.39 is 11.4 Å². The summed E-state index contributed by atoms with van der Waals surface area (Å²) < 4.78 is 0. The molecule has 0 spiro atoms. The molecule has 0 bridgehead atoms. The minimum atomic E-state index is -1.04. The van der Waals surface area contributed by atoms with Gasteiger partial charge in [-0.05, 0) is 26.3 Å². The fourth-order valence-corrected chi connectivity index (χ4v) is 2.26. The Morgan fingerprint density at radius 1 is 1.29 bits per heavy atom. The number of nitrogens with one attached hydrogen (secondary N) is 1. The smallest absolute Gasteiger partial charge is 0.308 e. The molecule has 0 amide bonds. The van der Waals surface area contributed by atoms with Crippen molar-refractivity contribution in [2.45, 2.75) is 32.6 Å². The summed E-state index contributed by atoms with van der Waals surface area (Å²) in [7, 11) is 0. The number of benzene rings is 1. The van der Waals surface area contributed by atoms with Gasteiger partial charge in [-0.25, -0.2) is 4.98 Å². The Morgan fingerprint density at radius 2 is 1.90 bits per heavy atom. The molecule has 110 valence electrons. The van der Waals surface area contributed by atoms with Gasteiger partial charge < -0.3 is 10.1 Å². The van der Waals surface area contributed by atoms with Crippen molar-refractivity contribution in [2.75, 3.05) is 0 Å². The number of carbonyl (C=O) groups is 1. The second-order valence-corrected chi connectivity index (χ2v) is 5.54. The molecule has 2 rings (SSSR count). The standard InChI is InChI=1S/C16H18N2O3/c1-10-12(9-13(19)20)14(21)18-15(17-10)16(2,3)11-7-5-4-6-8-11/h4-8H,9H2,1-3H3,(H,19,20)(H,17,18,21). The van der Waals surface area contributed by atoms with E-state index in [0.29, 0.717) is 11.5 Å². The van der Waals surface area contributed by atoms with Crippen molar-refractivity contribution in [3.8, 4) is 0 Å². The first-order valence-electron chi connectivity index (χ1n) is 6.70. The topological polar surface area (TPSA) is 83.0 Å². The number of hydrogen-bond acceptors (Lipinski definition) is 3. The van der Waals surface area contributed by atoms with Crippen LogP contribution >= 0.6 is 0 Å². The van der Waals surface area contributed by atoms with Crippen LogP contribution < -0.4 is 5.56 Å². The number of aromatic amines is 1. The molecule has 21 heavy (non-hydrogen) atoms. The van der Waals surface area contributed by atoms with E-state index in [-0.39, 0.29) is 17.5 Å². The maximum absolute atomic E-state index is 12.1. The van der Waals surface area contributed by atoms with Crippen molar-refractivity contribution in [1.29, 1.82) is 0 Å². The summed E-state index contributed by atoms with van der Waals surface area (Å²) in [5.41, 5.74) is 0.838. The second-order valence-electron chi connectivity index (χ2n) is 5.54. The normalized spacial score (nSPS) is 11.4. The number of aryl methyl sites for hydroxylation is 1.